The highest BCUT2D eigenvalue weighted by atomic mass is 16.7. The highest BCUT2D eigenvalue weighted by molar-refractivity contribution is 5.53. The quantitative estimate of drug-likeness (QED) is 0.669. The fourth-order valence-electron chi connectivity index (χ4n) is 2.76. The van der Waals surface area contributed by atoms with E-state index in [9.17, 15) is 0 Å². The number of rotatable bonds is 8. The summed E-state index contributed by atoms with van der Waals surface area (Å²) in [5.41, 5.74) is 0.919. The van der Waals surface area contributed by atoms with Crippen molar-refractivity contribution in [3.63, 3.8) is 0 Å². The van der Waals surface area contributed by atoms with Gasteiger partial charge in [-0.05, 0) is 38.5 Å². The maximum Gasteiger partial charge on any atom is 0.203 e. The van der Waals surface area contributed by atoms with Crippen molar-refractivity contribution in [2.75, 3.05) is 27.9 Å². The molecule has 2 rings (SSSR count). The second-order valence-electron chi connectivity index (χ2n) is 6.20. The van der Waals surface area contributed by atoms with Crippen LogP contribution < -0.4 is 14.2 Å². The molecule has 1 heterocycles. The second-order valence-corrected chi connectivity index (χ2v) is 6.20. The van der Waals surface area contributed by atoms with E-state index in [1.165, 1.54) is 0 Å². The summed E-state index contributed by atoms with van der Waals surface area (Å²) in [4.78, 5) is 0. The number of allylic oxidation sites excluding steroid dienone is 1. The van der Waals surface area contributed by atoms with Crippen molar-refractivity contribution in [3.8, 4) is 17.2 Å². The summed E-state index contributed by atoms with van der Waals surface area (Å²) in [6.45, 7) is 6.64. The van der Waals surface area contributed by atoms with E-state index < -0.39 is 5.79 Å². The number of hydrogen-bond acceptors (Lipinski definition) is 6. The van der Waals surface area contributed by atoms with E-state index in [-0.39, 0.29) is 12.2 Å². The molecule has 1 aliphatic heterocycles. The standard InChI is InChI=1S/C19H28O6/c1-7-8-14(17-12-24-19(2,3)25-17)23-11-13-9-15(20-4)18(22-6)16(10-13)21-5/h7-10,14,17H,11-12H2,1-6H3/b8-7-/t14-,17-/m1/s1. The molecule has 2 atom stereocenters. The summed E-state index contributed by atoms with van der Waals surface area (Å²) in [7, 11) is 4.77. The van der Waals surface area contributed by atoms with Gasteiger partial charge in [-0.3, -0.25) is 0 Å². The van der Waals surface area contributed by atoms with Crippen LogP contribution >= 0.6 is 0 Å². The van der Waals surface area contributed by atoms with Gasteiger partial charge in [0.15, 0.2) is 17.3 Å². The van der Waals surface area contributed by atoms with Crippen LogP contribution in [0.2, 0.25) is 0 Å². The molecule has 6 heteroatoms. The molecule has 140 valence electrons. The first-order valence-corrected chi connectivity index (χ1v) is 8.29. The van der Waals surface area contributed by atoms with Crippen LogP contribution in [0.25, 0.3) is 0 Å². The Hall–Kier alpha value is -1.76. The van der Waals surface area contributed by atoms with Gasteiger partial charge >= 0.3 is 0 Å². The molecule has 0 N–H and O–H groups in total. The van der Waals surface area contributed by atoms with E-state index in [4.69, 9.17) is 28.4 Å². The summed E-state index contributed by atoms with van der Waals surface area (Å²) in [6.07, 6.45) is 3.58. The molecular weight excluding hydrogens is 324 g/mol. The monoisotopic (exact) mass is 352 g/mol. The maximum atomic E-state index is 6.07. The molecule has 1 saturated heterocycles. The largest absolute Gasteiger partial charge is 0.493 e. The van der Waals surface area contributed by atoms with E-state index in [1.54, 1.807) is 21.3 Å². The first-order chi connectivity index (χ1) is 11.9. The molecule has 0 bridgehead atoms. The van der Waals surface area contributed by atoms with Gasteiger partial charge in [0.1, 0.15) is 12.2 Å². The number of ether oxygens (including phenoxy) is 6. The molecule has 0 aromatic heterocycles. The Bertz CT molecular complexity index is 571. The summed E-state index contributed by atoms with van der Waals surface area (Å²) in [6, 6.07) is 3.76. The van der Waals surface area contributed by atoms with Crippen LogP contribution in [0.3, 0.4) is 0 Å². The zero-order chi connectivity index (χ0) is 18.4. The first kappa shape index (κ1) is 19.6. The number of hydrogen-bond donors (Lipinski definition) is 0. The molecular formula is C19H28O6. The van der Waals surface area contributed by atoms with Crippen LogP contribution in [-0.2, 0) is 20.8 Å². The van der Waals surface area contributed by atoms with Gasteiger partial charge < -0.3 is 28.4 Å². The van der Waals surface area contributed by atoms with Crippen LogP contribution in [0.1, 0.15) is 26.3 Å². The molecule has 6 nitrogen and oxygen atoms in total. The van der Waals surface area contributed by atoms with E-state index in [1.807, 2.05) is 45.1 Å². The van der Waals surface area contributed by atoms with Gasteiger partial charge in [0.25, 0.3) is 0 Å². The summed E-state index contributed by atoms with van der Waals surface area (Å²) in [5.74, 6) is 1.18. The minimum Gasteiger partial charge on any atom is -0.493 e. The SMILES string of the molecule is C/C=C\[C@@H](OCc1cc(OC)c(OC)c(OC)c1)[C@H]1COC(C)(C)O1. The van der Waals surface area contributed by atoms with Gasteiger partial charge in [-0.15, -0.1) is 0 Å². The molecule has 1 aromatic rings. The maximum absolute atomic E-state index is 6.07. The summed E-state index contributed by atoms with van der Waals surface area (Å²) in [5, 5.41) is 0. The molecule has 25 heavy (non-hydrogen) atoms. The molecule has 1 fully saturated rings. The van der Waals surface area contributed by atoms with Gasteiger partial charge in [0, 0.05) is 0 Å². The minimum atomic E-state index is -0.583. The van der Waals surface area contributed by atoms with E-state index >= 15 is 0 Å². The lowest BCUT2D eigenvalue weighted by molar-refractivity contribution is -0.152. The summed E-state index contributed by atoms with van der Waals surface area (Å²) >= 11 is 0. The lowest BCUT2D eigenvalue weighted by Gasteiger charge is -2.22. The van der Waals surface area contributed by atoms with Gasteiger partial charge in [-0.25, -0.2) is 0 Å². The molecule has 0 saturated carbocycles. The molecule has 0 radical (unpaired) electrons. The second kappa shape index (κ2) is 8.56. The zero-order valence-corrected chi connectivity index (χ0v) is 15.8. The van der Waals surface area contributed by atoms with Crippen molar-refractivity contribution in [3.05, 3.63) is 29.8 Å². The first-order valence-electron chi connectivity index (χ1n) is 8.29. The van der Waals surface area contributed by atoms with Gasteiger partial charge in [-0.2, -0.15) is 0 Å². The lowest BCUT2D eigenvalue weighted by Crippen LogP contribution is -2.31. The topological polar surface area (TPSA) is 55.4 Å². The predicted octanol–water partition coefficient (Wildman–Crippen LogP) is 3.33. The van der Waals surface area contributed by atoms with Gasteiger partial charge in [0.2, 0.25) is 5.75 Å². The Morgan fingerprint density at radius 3 is 2.24 bits per heavy atom. The predicted molar refractivity (Wildman–Crippen MR) is 94.4 cm³/mol. The van der Waals surface area contributed by atoms with Crippen LogP contribution in [0, 0.1) is 0 Å². The van der Waals surface area contributed by atoms with Crippen LogP contribution in [0.5, 0.6) is 17.2 Å². The van der Waals surface area contributed by atoms with Crippen molar-refractivity contribution in [1.29, 1.82) is 0 Å². The van der Waals surface area contributed by atoms with Gasteiger partial charge in [0.05, 0.1) is 34.5 Å². The number of methoxy groups -OCH3 is 3. The fraction of sp³-hybridized carbons (Fsp3) is 0.579. The van der Waals surface area contributed by atoms with E-state index in [0.29, 0.717) is 30.5 Å². The average molecular weight is 352 g/mol. The van der Waals surface area contributed by atoms with Crippen LogP contribution in [-0.4, -0.2) is 45.9 Å². The van der Waals surface area contributed by atoms with Gasteiger partial charge in [-0.1, -0.05) is 12.2 Å². The molecule has 1 aliphatic rings. The third-order valence-corrected chi connectivity index (χ3v) is 3.95. The van der Waals surface area contributed by atoms with Crippen molar-refractivity contribution < 1.29 is 28.4 Å². The van der Waals surface area contributed by atoms with E-state index in [2.05, 4.69) is 0 Å². The molecule has 0 amide bonds. The zero-order valence-electron chi connectivity index (χ0n) is 15.8. The lowest BCUT2D eigenvalue weighted by atomic mass is 10.1. The smallest absolute Gasteiger partial charge is 0.203 e. The van der Waals surface area contributed by atoms with Crippen molar-refractivity contribution >= 4 is 0 Å². The Balaban J connectivity index is 2.12. The Labute approximate surface area is 149 Å². The van der Waals surface area contributed by atoms with Crippen molar-refractivity contribution in [2.45, 2.75) is 45.4 Å². The average Bonchev–Trinajstić information content (AvgIpc) is 2.97. The Morgan fingerprint density at radius 1 is 1.16 bits per heavy atom. The third kappa shape index (κ3) is 4.87. The highest BCUT2D eigenvalue weighted by Crippen LogP contribution is 2.38. The van der Waals surface area contributed by atoms with E-state index in [0.717, 1.165) is 5.56 Å². The molecule has 1 aromatic carbocycles. The van der Waals surface area contributed by atoms with Crippen molar-refractivity contribution in [2.24, 2.45) is 0 Å². The molecule has 0 unspecified atom stereocenters. The van der Waals surface area contributed by atoms with Crippen LogP contribution in [0.15, 0.2) is 24.3 Å². The molecule has 0 spiro atoms. The molecule has 0 aliphatic carbocycles. The highest BCUT2D eigenvalue weighted by Gasteiger charge is 2.37. The number of benzene rings is 1. The third-order valence-electron chi connectivity index (χ3n) is 3.95. The Kier molecular flexibility index (Phi) is 6.70. The fourth-order valence-corrected chi connectivity index (χ4v) is 2.76. The van der Waals surface area contributed by atoms with Crippen molar-refractivity contribution in [1.82, 2.24) is 0 Å². The minimum absolute atomic E-state index is 0.145. The normalized spacial score (nSPS) is 20.6. The van der Waals surface area contributed by atoms with Crippen LogP contribution in [0.4, 0.5) is 0 Å². The Morgan fingerprint density at radius 2 is 1.80 bits per heavy atom. The summed E-state index contributed by atoms with van der Waals surface area (Å²) < 4.78 is 33.7.